The average Bonchev–Trinajstić information content (AvgIpc) is 2.98. The Morgan fingerprint density at radius 2 is 1.90 bits per heavy atom. The molecule has 1 aromatic rings. The highest BCUT2D eigenvalue weighted by Crippen LogP contribution is 2.28. The second-order valence-electron chi connectivity index (χ2n) is 6.40. The summed E-state index contributed by atoms with van der Waals surface area (Å²) < 4.78 is 2.05. The van der Waals surface area contributed by atoms with Crippen molar-refractivity contribution in [2.45, 2.75) is 45.1 Å². The molecule has 3 rings (SSSR count). The predicted molar refractivity (Wildman–Crippen MR) is 89.2 cm³/mol. The highest BCUT2D eigenvalue weighted by molar-refractivity contribution is 5.85. The molecule has 2 aliphatic rings. The summed E-state index contributed by atoms with van der Waals surface area (Å²) in [6.07, 6.45) is 9.66. The Kier molecular flexibility index (Phi) is 6.52. The minimum atomic E-state index is 0. The fourth-order valence-corrected chi connectivity index (χ4v) is 3.64. The lowest BCUT2D eigenvalue weighted by atomic mass is 9.90. The second-order valence-corrected chi connectivity index (χ2v) is 6.40. The number of aromatic nitrogens is 2. The highest BCUT2D eigenvalue weighted by atomic mass is 35.5. The Hall–Kier alpha value is -0.580. The number of halogens is 1. The predicted octanol–water partition coefficient (Wildman–Crippen LogP) is 2.50. The van der Waals surface area contributed by atoms with Crippen LogP contribution in [0.2, 0.25) is 0 Å². The van der Waals surface area contributed by atoms with Crippen molar-refractivity contribution in [3.8, 4) is 0 Å². The first-order valence-corrected chi connectivity index (χ1v) is 8.30. The molecule has 0 amide bonds. The van der Waals surface area contributed by atoms with Gasteiger partial charge in [-0.15, -0.1) is 12.4 Å². The van der Waals surface area contributed by atoms with Gasteiger partial charge in [0.05, 0.1) is 6.20 Å². The minimum absolute atomic E-state index is 0. The van der Waals surface area contributed by atoms with E-state index >= 15 is 0 Å². The van der Waals surface area contributed by atoms with E-state index in [1.54, 1.807) is 0 Å². The second kappa shape index (κ2) is 8.16. The van der Waals surface area contributed by atoms with Gasteiger partial charge in [-0.05, 0) is 76.2 Å². The van der Waals surface area contributed by atoms with Crippen LogP contribution in [0, 0.1) is 5.92 Å². The van der Waals surface area contributed by atoms with Gasteiger partial charge in [-0.3, -0.25) is 4.68 Å². The summed E-state index contributed by atoms with van der Waals surface area (Å²) in [7, 11) is 0. The fraction of sp³-hybridized carbons (Fsp3) is 0.812. The van der Waals surface area contributed by atoms with Crippen LogP contribution in [-0.2, 0) is 6.54 Å². The molecular formula is C16H29ClN4. The summed E-state index contributed by atoms with van der Waals surface area (Å²) in [5, 5.41) is 7.88. The normalized spacial score (nSPS) is 22.1. The van der Waals surface area contributed by atoms with E-state index in [4.69, 9.17) is 0 Å². The molecule has 0 aliphatic carbocycles. The molecule has 0 bridgehead atoms. The molecule has 0 aromatic carbocycles. The standard InChI is InChI=1S/C16H28N4.ClH/c1-2-20-13-16(11-18-20)15-5-9-19(10-6-15)12-14-3-7-17-8-4-14;/h11,13-15,17H,2-10,12H2,1H3;1H. The van der Waals surface area contributed by atoms with Crippen molar-refractivity contribution in [1.82, 2.24) is 20.0 Å². The van der Waals surface area contributed by atoms with Crippen molar-refractivity contribution in [2.24, 2.45) is 5.92 Å². The Bertz CT molecular complexity index is 406. The quantitative estimate of drug-likeness (QED) is 0.927. The Balaban J connectivity index is 0.00000161. The number of likely N-dealkylation sites (tertiary alicyclic amines) is 1. The zero-order valence-corrected chi connectivity index (χ0v) is 13.9. The summed E-state index contributed by atoms with van der Waals surface area (Å²) in [6, 6.07) is 0. The van der Waals surface area contributed by atoms with Crippen LogP contribution >= 0.6 is 12.4 Å². The minimum Gasteiger partial charge on any atom is -0.317 e. The number of hydrogen-bond acceptors (Lipinski definition) is 3. The number of nitrogens with one attached hydrogen (secondary N) is 1. The molecule has 0 saturated carbocycles. The van der Waals surface area contributed by atoms with Gasteiger partial charge >= 0.3 is 0 Å². The van der Waals surface area contributed by atoms with Crippen LogP contribution in [0.4, 0.5) is 0 Å². The smallest absolute Gasteiger partial charge is 0.0524 e. The van der Waals surface area contributed by atoms with Crippen molar-refractivity contribution >= 4 is 12.4 Å². The molecule has 0 spiro atoms. The van der Waals surface area contributed by atoms with Gasteiger partial charge in [0, 0.05) is 19.3 Å². The first kappa shape index (κ1) is 16.8. The lowest BCUT2D eigenvalue weighted by Gasteiger charge is -2.35. The summed E-state index contributed by atoms with van der Waals surface area (Å²) in [5.74, 6) is 1.66. The third-order valence-electron chi connectivity index (χ3n) is 5.01. The van der Waals surface area contributed by atoms with E-state index in [2.05, 4.69) is 39.3 Å². The first-order valence-electron chi connectivity index (χ1n) is 8.30. The summed E-state index contributed by atoms with van der Waals surface area (Å²) in [5.41, 5.74) is 1.45. The zero-order chi connectivity index (χ0) is 13.8. The molecular weight excluding hydrogens is 284 g/mol. The lowest BCUT2D eigenvalue weighted by Crippen LogP contribution is -2.39. The molecule has 2 fully saturated rings. The number of hydrogen-bond donors (Lipinski definition) is 1. The topological polar surface area (TPSA) is 33.1 Å². The van der Waals surface area contributed by atoms with Gasteiger partial charge in [0.2, 0.25) is 0 Å². The molecule has 120 valence electrons. The van der Waals surface area contributed by atoms with E-state index in [0.717, 1.165) is 18.4 Å². The van der Waals surface area contributed by atoms with Crippen LogP contribution in [0.25, 0.3) is 0 Å². The Morgan fingerprint density at radius 1 is 1.19 bits per heavy atom. The summed E-state index contributed by atoms with van der Waals surface area (Å²) in [4.78, 5) is 2.69. The van der Waals surface area contributed by atoms with Gasteiger partial charge in [0.1, 0.15) is 0 Å². The van der Waals surface area contributed by atoms with Crippen LogP contribution in [0.5, 0.6) is 0 Å². The Morgan fingerprint density at radius 3 is 2.52 bits per heavy atom. The average molecular weight is 313 g/mol. The first-order chi connectivity index (χ1) is 9.85. The number of nitrogens with zero attached hydrogens (tertiary/aromatic N) is 3. The molecule has 0 atom stereocenters. The molecule has 21 heavy (non-hydrogen) atoms. The largest absolute Gasteiger partial charge is 0.317 e. The van der Waals surface area contributed by atoms with E-state index in [1.165, 1.54) is 64.0 Å². The lowest BCUT2D eigenvalue weighted by molar-refractivity contribution is 0.167. The van der Waals surface area contributed by atoms with Gasteiger partial charge in [-0.1, -0.05) is 0 Å². The fourth-order valence-electron chi connectivity index (χ4n) is 3.64. The van der Waals surface area contributed by atoms with Gasteiger partial charge < -0.3 is 10.2 Å². The molecule has 4 nitrogen and oxygen atoms in total. The maximum Gasteiger partial charge on any atom is 0.0524 e. The number of rotatable bonds is 4. The van der Waals surface area contributed by atoms with Gasteiger partial charge in [-0.2, -0.15) is 5.10 Å². The Labute approximate surface area is 134 Å². The van der Waals surface area contributed by atoms with Crippen LogP contribution < -0.4 is 5.32 Å². The van der Waals surface area contributed by atoms with Crippen molar-refractivity contribution < 1.29 is 0 Å². The van der Waals surface area contributed by atoms with Crippen LogP contribution in [0.15, 0.2) is 12.4 Å². The van der Waals surface area contributed by atoms with Crippen LogP contribution in [0.1, 0.15) is 44.1 Å². The molecule has 3 heterocycles. The number of aryl methyl sites for hydroxylation is 1. The van der Waals surface area contributed by atoms with E-state index in [0.29, 0.717) is 0 Å². The van der Waals surface area contributed by atoms with Gasteiger partial charge in [-0.25, -0.2) is 0 Å². The van der Waals surface area contributed by atoms with Crippen LogP contribution in [-0.4, -0.2) is 47.4 Å². The summed E-state index contributed by atoms with van der Waals surface area (Å²) >= 11 is 0. The van der Waals surface area contributed by atoms with E-state index in [1.807, 2.05) is 0 Å². The molecule has 5 heteroatoms. The SMILES string of the molecule is CCn1cc(C2CCN(CC3CCNCC3)CC2)cn1.Cl. The van der Waals surface area contributed by atoms with Crippen molar-refractivity contribution in [3.05, 3.63) is 18.0 Å². The highest BCUT2D eigenvalue weighted by Gasteiger charge is 2.24. The maximum atomic E-state index is 4.42. The van der Waals surface area contributed by atoms with Gasteiger partial charge in [0.25, 0.3) is 0 Å². The van der Waals surface area contributed by atoms with Gasteiger partial charge in [0.15, 0.2) is 0 Å². The molecule has 1 aromatic heterocycles. The van der Waals surface area contributed by atoms with Crippen molar-refractivity contribution in [2.75, 3.05) is 32.7 Å². The van der Waals surface area contributed by atoms with E-state index in [9.17, 15) is 0 Å². The number of piperidine rings is 2. The third kappa shape index (κ3) is 4.44. The zero-order valence-electron chi connectivity index (χ0n) is 13.1. The maximum absolute atomic E-state index is 4.42. The van der Waals surface area contributed by atoms with Crippen LogP contribution in [0.3, 0.4) is 0 Å². The van der Waals surface area contributed by atoms with Crippen molar-refractivity contribution in [3.63, 3.8) is 0 Å². The molecule has 2 saturated heterocycles. The van der Waals surface area contributed by atoms with E-state index < -0.39 is 0 Å². The third-order valence-corrected chi connectivity index (χ3v) is 5.01. The molecule has 0 unspecified atom stereocenters. The molecule has 0 radical (unpaired) electrons. The monoisotopic (exact) mass is 312 g/mol. The molecule has 2 aliphatic heterocycles. The van der Waals surface area contributed by atoms with E-state index in [-0.39, 0.29) is 12.4 Å². The molecule has 1 N–H and O–H groups in total. The summed E-state index contributed by atoms with van der Waals surface area (Å²) in [6.45, 7) is 9.43. The van der Waals surface area contributed by atoms with Crippen molar-refractivity contribution in [1.29, 1.82) is 0 Å².